The van der Waals surface area contributed by atoms with E-state index in [1.54, 1.807) is 24.3 Å². The van der Waals surface area contributed by atoms with Crippen LogP contribution in [-0.2, 0) is 20.4 Å². The van der Waals surface area contributed by atoms with Gasteiger partial charge in [0.1, 0.15) is 0 Å². The summed E-state index contributed by atoms with van der Waals surface area (Å²) in [6, 6.07) is 27.2. The second-order valence-corrected chi connectivity index (χ2v) is 10.7. The SMILES string of the molecule is C1=Cc2cc3ccc(cc4nc(cc5ccc(cc1n2)[nH]5)C=C4)[nH]3.O=[N+]([O-])c1cc2cc3ccccc3cc2c([N+](=O)[O-])c1[N+](=O)[O-].[Pd]. The third-order valence-corrected chi connectivity index (χ3v) is 7.54. The van der Waals surface area contributed by atoms with E-state index in [9.17, 15) is 30.3 Å². The number of hydrogen-bond donors (Lipinski definition) is 2. The molecule has 8 bridgehead atoms. The molecule has 0 aliphatic carbocycles. The molecule has 0 spiro atoms. The minimum atomic E-state index is -1.11. The molecule has 2 N–H and O–H groups in total. The fourth-order valence-electron chi connectivity index (χ4n) is 5.49. The van der Waals surface area contributed by atoms with Gasteiger partial charge in [0.2, 0.25) is 0 Å². The Morgan fingerprint density at radius 1 is 0.479 bits per heavy atom. The Morgan fingerprint density at radius 3 is 1.29 bits per heavy atom. The van der Waals surface area contributed by atoms with Gasteiger partial charge in [0.05, 0.1) is 42.9 Å². The zero-order valence-electron chi connectivity index (χ0n) is 24.5. The molecule has 2 aliphatic rings. The van der Waals surface area contributed by atoms with Crippen molar-refractivity contribution in [1.82, 2.24) is 19.9 Å². The number of nitro benzene ring substituents is 3. The molecule has 6 aromatic rings. The molecule has 3 aromatic heterocycles. The van der Waals surface area contributed by atoms with Crippen LogP contribution in [0.4, 0.5) is 17.1 Å². The second-order valence-electron chi connectivity index (χ2n) is 10.7. The molecule has 238 valence electrons. The summed E-state index contributed by atoms with van der Waals surface area (Å²) < 4.78 is 0. The first-order valence-electron chi connectivity index (χ1n) is 14.2. The summed E-state index contributed by atoms with van der Waals surface area (Å²) in [5.74, 6) is 0. The molecule has 0 amide bonds. The van der Waals surface area contributed by atoms with E-state index in [4.69, 9.17) is 0 Å². The summed E-state index contributed by atoms with van der Waals surface area (Å²) in [4.78, 5) is 46.6. The third-order valence-electron chi connectivity index (χ3n) is 7.54. The third kappa shape index (κ3) is 6.34. The number of benzene rings is 3. The molecule has 0 radical (unpaired) electrons. The number of nitro groups is 3. The first-order chi connectivity index (χ1) is 22.7. The predicted octanol–water partition coefficient (Wildman–Crippen LogP) is 8.37. The second kappa shape index (κ2) is 12.8. The quantitative estimate of drug-likeness (QED) is 0.0785. The first-order valence-corrected chi connectivity index (χ1v) is 14.2. The number of aromatic nitrogens is 4. The molecule has 0 fully saturated rings. The Kier molecular flexibility index (Phi) is 8.43. The van der Waals surface area contributed by atoms with Crippen LogP contribution in [0.2, 0.25) is 0 Å². The summed E-state index contributed by atoms with van der Waals surface area (Å²) in [6.45, 7) is 0. The fraction of sp³-hybridized carbons (Fsp3) is 0. The summed E-state index contributed by atoms with van der Waals surface area (Å²) in [5.41, 5.74) is 4.98. The Morgan fingerprint density at radius 2 is 0.896 bits per heavy atom. The summed E-state index contributed by atoms with van der Waals surface area (Å²) in [5, 5.41) is 35.1. The van der Waals surface area contributed by atoms with Gasteiger partial charge in [-0.05, 0) is 101 Å². The first kappa shape index (κ1) is 31.6. The largest absolute Gasteiger partial charge is 0.422 e. The average Bonchev–Trinajstić information content (AvgIpc) is 3.86. The molecule has 14 heteroatoms. The molecule has 0 atom stereocenters. The molecule has 8 rings (SSSR count). The van der Waals surface area contributed by atoms with E-state index in [1.807, 2.05) is 48.6 Å². The van der Waals surface area contributed by atoms with Crippen molar-refractivity contribution in [3.63, 3.8) is 0 Å². The van der Waals surface area contributed by atoms with Crippen molar-refractivity contribution in [2.75, 3.05) is 0 Å². The molecule has 0 saturated heterocycles. The van der Waals surface area contributed by atoms with Crippen LogP contribution in [-0.4, -0.2) is 34.7 Å². The zero-order valence-corrected chi connectivity index (χ0v) is 26.0. The number of nitrogens with zero attached hydrogens (tertiary/aromatic N) is 5. The summed E-state index contributed by atoms with van der Waals surface area (Å²) in [6.07, 6.45) is 8.09. The Bertz CT molecular complexity index is 2360. The van der Waals surface area contributed by atoms with Crippen molar-refractivity contribution in [3.8, 4) is 0 Å². The minimum Gasteiger partial charge on any atom is -0.355 e. The van der Waals surface area contributed by atoms with Crippen molar-refractivity contribution in [2.45, 2.75) is 0 Å². The maximum atomic E-state index is 11.3. The van der Waals surface area contributed by atoms with Gasteiger partial charge in [-0.25, -0.2) is 9.97 Å². The zero-order chi connectivity index (χ0) is 32.7. The molecule has 48 heavy (non-hydrogen) atoms. The number of nitrogens with one attached hydrogen (secondary N) is 2. The Balaban J connectivity index is 0.000000164. The summed E-state index contributed by atoms with van der Waals surface area (Å²) in [7, 11) is 0. The van der Waals surface area contributed by atoms with Crippen LogP contribution in [0.5, 0.6) is 0 Å². The van der Waals surface area contributed by atoms with Gasteiger partial charge in [0, 0.05) is 48.6 Å². The van der Waals surface area contributed by atoms with Gasteiger partial charge in [-0.3, -0.25) is 30.3 Å². The molecule has 5 heterocycles. The van der Waals surface area contributed by atoms with E-state index >= 15 is 0 Å². The standard InChI is InChI=1S/C20H14N4.C14H7N3O6.Pd/c1-2-14-10-16-5-6-18(23-16)12-20-8-7-19(24-20)11-17-4-3-15(22-17)9-13(1)21-14;18-15(19)12-7-10-5-8-3-1-2-4-9(8)6-11(10)13(16(20)21)14(12)17(22)23;/h1-12,21,24H;1-7H;. The molecule has 13 nitrogen and oxygen atoms in total. The number of hydrogen-bond acceptors (Lipinski definition) is 8. The molecule has 0 saturated carbocycles. The Labute approximate surface area is 283 Å². The maximum absolute atomic E-state index is 11.3. The molecular weight excluding hydrogens is 709 g/mol. The van der Waals surface area contributed by atoms with Crippen LogP contribution in [0.15, 0.2) is 91.0 Å². The number of rotatable bonds is 3. The fourth-order valence-corrected chi connectivity index (χ4v) is 5.49. The molecular formula is C34H21N7O6Pd. The maximum Gasteiger partial charge on any atom is 0.422 e. The van der Waals surface area contributed by atoms with Crippen molar-refractivity contribution in [3.05, 3.63) is 144 Å². The van der Waals surface area contributed by atoms with Crippen LogP contribution in [0, 0.1) is 30.3 Å². The van der Waals surface area contributed by atoms with Gasteiger partial charge in [0.25, 0.3) is 0 Å². The normalized spacial score (nSPS) is 11.5. The number of aromatic amines is 2. The smallest absolute Gasteiger partial charge is 0.355 e. The van der Waals surface area contributed by atoms with Gasteiger partial charge in [-0.1, -0.05) is 24.3 Å². The van der Waals surface area contributed by atoms with Gasteiger partial charge >= 0.3 is 17.1 Å². The van der Waals surface area contributed by atoms with Gasteiger partial charge in [-0.2, -0.15) is 0 Å². The summed E-state index contributed by atoms with van der Waals surface area (Å²) >= 11 is 0. The number of H-pyrrole nitrogens is 2. The van der Waals surface area contributed by atoms with E-state index in [1.165, 1.54) is 12.1 Å². The van der Waals surface area contributed by atoms with E-state index in [0.717, 1.165) is 56.3 Å². The topological polar surface area (TPSA) is 187 Å². The van der Waals surface area contributed by atoms with Crippen LogP contribution >= 0.6 is 0 Å². The minimum absolute atomic E-state index is 0. The molecule has 0 unspecified atom stereocenters. The van der Waals surface area contributed by atoms with Crippen LogP contribution in [0.1, 0.15) is 22.8 Å². The van der Waals surface area contributed by atoms with Gasteiger partial charge < -0.3 is 9.97 Å². The molecule has 2 aliphatic heterocycles. The van der Waals surface area contributed by atoms with E-state index < -0.39 is 31.8 Å². The van der Waals surface area contributed by atoms with Crippen LogP contribution in [0.25, 0.3) is 67.9 Å². The van der Waals surface area contributed by atoms with Crippen LogP contribution in [0.3, 0.4) is 0 Å². The molecule has 3 aromatic carbocycles. The van der Waals surface area contributed by atoms with Crippen LogP contribution < -0.4 is 0 Å². The van der Waals surface area contributed by atoms with Crippen molar-refractivity contribution < 1.29 is 35.2 Å². The Hall–Kier alpha value is -6.36. The van der Waals surface area contributed by atoms with Crippen molar-refractivity contribution >= 4 is 85.0 Å². The van der Waals surface area contributed by atoms with E-state index in [-0.39, 0.29) is 31.2 Å². The average molecular weight is 730 g/mol. The van der Waals surface area contributed by atoms with Gasteiger partial charge in [0.15, 0.2) is 0 Å². The monoisotopic (exact) mass is 729 g/mol. The number of fused-ring (bicyclic) bond motifs is 10. The van der Waals surface area contributed by atoms with Gasteiger partial charge in [-0.15, -0.1) is 0 Å². The van der Waals surface area contributed by atoms with Crippen molar-refractivity contribution in [1.29, 1.82) is 0 Å². The van der Waals surface area contributed by atoms with E-state index in [0.29, 0.717) is 5.39 Å². The van der Waals surface area contributed by atoms with E-state index in [2.05, 4.69) is 44.2 Å². The predicted molar refractivity (Wildman–Crippen MR) is 180 cm³/mol. The van der Waals surface area contributed by atoms with Crippen molar-refractivity contribution in [2.24, 2.45) is 0 Å².